The van der Waals surface area contributed by atoms with E-state index in [-0.39, 0.29) is 12.0 Å². The van der Waals surface area contributed by atoms with E-state index in [1.807, 2.05) is 29.2 Å². The fourth-order valence-corrected chi connectivity index (χ4v) is 3.78. The van der Waals surface area contributed by atoms with E-state index in [0.29, 0.717) is 5.91 Å². The first-order valence-electron chi connectivity index (χ1n) is 9.47. The zero-order valence-corrected chi connectivity index (χ0v) is 15.4. The first kappa shape index (κ1) is 18.1. The Morgan fingerprint density at radius 1 is 1.08 bits per heavy atom. The number of amides is 1. The number of nitrogens with zero attached hydrogens (tertiary/aromatic N) is 2. The molecule has 0 saturated carbocycles. The van der Waals surface area contributed by atoms with Crippen molar-refractivity contribution in [3.8, 4) is 11.5 Å². The van der Waals surface area contributed by atoms with Crippen molar-refractivity contribution in [3.05, 3.63) is 24.3 Å². The molecular formula is C20H30N2O3. The second-order valence-electron chi connectivity index (χ2n) is 7.23. The molecule has 0 unspecified atom stereocenters. The van der Waals surface area contributed by atoms with Gasteiger partial charge in [-0.15, -0.1) is 0 Å². The number of carbonyl (C=O) groups excluding carboxylic acids is 1. The third-order valence-corrected chi connectivity index (χ3v) is 5.27. The number of rotatable bonds is 6. The van der Waals surface area contributed by atoms with Gasteiger partial charge in [0.25, 0.3) is 0 Å². The molecule has 0 radical (unpaired) electrons. The van der Waals surface area contributed by atoms with Gasteiger partial charge in [-0.3, -0.25) is 4.79 Å². The number of carbonyl (C=O) groups is 1. The van der Waals surface area contributed by atoms with Gasteiger partial charge >= 0.3 is 0 Å². The Morgan fingerprint density at radius 2 is 1.68 bits per heavy atom. The zero-order chi connectivity index (χ0) is 17.6. The van der Waals surface area contributed by atoms with Crippen LogP contribution in [0.1, 0.15) is 32.6 Å². The summed E-state index contributed by atoms with van der Waals surface area (Å²) >= 11 is 0. The third kappa shape index (κ3) is 4.88. The van der Waals surface area contributed by atoms with Crippen LogP contribution in [0.5, 0.6) is 11.5 Å². The van der Waals surface area contributed by atoms with Crippen LogP contribution in [0.2, 0.25) is 0 Å². The average Bonchev–Trinajstić information content (AvgIpc) is 3.15. The Kier molecular flexibility index (Phi) is 6.19. The predicted octanol–water partition coefficient (Wildman–Crippen LogP) is 2.80. The summed E-state index contributed by atoms with van der Waals surface area (Å²) in [4.78, 5) is 17.1. The molecule has 5 heteroatoms. The molecule has 2 saturated heterocycles. The number of likely N-dealkylation sites (tertiary alicyclic amines) is 2. The van der Waals surface area contributed by atoms with Gasteiger partial charge in [-0.2, -0.15) is 0 Å². The Balaban J connectivity index is 1.43. The van der Waals surface area contributed by atoms with Gasteiger partial charge in [-0.25, -0.2) is 0 Å². The van der Waals surface area contributed by atoms with E-state index in [1.165, 1.54) is 12.8 Å². The molecule has 1 atom stereocenters. The molecule has 2 aliphatic heterocycles. The molecule has 2 heterocycles. The van der Waals surface area contributed by atoms with Crippen LogP contribution in [0.4, 0.5) is 0 Å². The van der Waals surface area contributed by atoms with E-state index in [2.05, 4.69) is 11.8 Å². The minimum absolute atomic E-state index is 0.0946. The van der Waals surface area contributed by atoms with Gasteiger partial charge in [0.1, 0.15) is 17.6 Å². The van der Waals surface area contributed by atoms with E-state index < -0.39 is 0 Å². The van der Waals surface area contributed by atoms with Crippen LogP contribution in [0.3, 0.4) is 0 Å². The molecule has 1 aromatic rings. The fourth-order valence-electron chi connectivity index (χ4n) is 3.78. The number of methoxy groups -OCH3 is 1. The molecule has 1 aromatic carbocycles. The Morgan fingerprint density at radius 3 is 2.28 bits per heavy atom. The van der Waals surface area contributed by atoms with Gasteiger partial charge in [0, 0.05) is 38.4 Å². The average molecular weight is 346 g/mol. The molecule has 3 rings (SSSR count). The second kappa shape index (κ2) is 8.56. The van der Waals surface area contributed by atoms with Gasteiger partial charge in [-0.05, 0) is 50.2 Å². The normalized spacial score (nSPS) is 20.5. The summed E-state index contributed by atoms with van der Waals surface area (Å²) in [7, 11) is 1.66. The molecule has 1 amide bonds. The molecule has 138 valence electrons. The van der Waals surface area contributed by atoms with Gasteiger partial charge in [0.2, 0.25) is 5.91 Å². The molecule has 0 N–H and O–H groups in total. The van der Waals surface area contributed by atoms with Crippen LogP contribution in [0.15, 0.2) is 24.3 Å². The van der Waals surface area contributed by atoms with Crippen molar-refractivity contribution in [3.63, 3.8) is 0 Å². The predicted molar refractivity (Wildman–Crippen MR) is 98.1 cm³/mol. The van der Waals surface area contributed by atoms with Gasteiger partial charge in [0.05, 0.1) is 7.11 Å². The molecular weight excluding hydrogens is 316 g/mol. The van der Waals surface area contributed by atoms with Crippen molar-refractivity contribution >= 4 is 5.91 Å². The van der Waals surface area contributed by atoms with Crippen molar-refractivity contribution in [2.75, 3.05) is 39.8 Å². The molecule has 25 heavy (non-hydrogen) atoms. The molecule has 2 aliphatic rings. The number of hydrogen-bond donors (Lipinski definition) is 0. The first-order chi connectivity index (χ1) is 12.2. The molecule has 0 aromatic heterocycles. The molecule has 2 fully saturated rings. The summed E-state index contributed by atoms with van der Waals surface area (Å²) in [6.07, 6.45) is 4.53. The highest BCUT2D eigenvalue weighted by Crippen LogP contribution is 2.23. The van der Waals surface area contributed by atoms with Gasteiger partial charge < -0.3 is 19.3 Å². The minimum atomic E-state index is 0.0946. The van der Waals surface area contributed by atoms with Crippen molar-refractivity contribution in [2.24, 2.45) is 5.92 Å². The maximum absolute atomic E-state index is 12.7. The summed E-state index contributed by atoms with van der Waals surface area (Å²) in [5, 5.41) is 0. The SMILES string of the molecule is COc1ccc(OC2CCN(C(=O)[C@@H](C)CN3CCCC3)CC2)cc1. The quantitative estimate of drug-likeness (QED) is 0.794. The molecule has 0 spiro atoms. The highest BCUT2D eigenvalue weighted by molar-refractivity contribution is 5.78. The van der Waals surface area contributed by atoms with E-state index in [1.54, 1.807) is 7.11 Å². The van der Waals surface area contributed by atoms with Crippen LogP contribution in [-0.4, -0.2) is 61.6 Å². The standard InChI is InChI=1S/C20H30N2O3/c1-16(15-21-11-3-4-12-21)20(23)22-13-9-19(10-14-22)25-18-7-5-17(24-2)6-8-18/h5-8,16,19H,3-4,9-15H2,1-2H3/t16-/m0/s1. The monoisotopic (exact) mass is 346 g/mol. The maximum atomic E-state index is 12.7. The van der Waals surface area contributed by atoms with Gasteiger partial charge in [-0.1, -0.05) is 6.92 Å². The van der Waals surface area contributed by atoms with Crippen molar-refractivity contribution in [1.82, 2.24) is 9.80 Å². The van der Waals surface area contributed by atoms with E-state index in [0.717, 1.165) is 57.1 Å². The van der Waals surface area contributed by atoms with Crippen LogP contribution in [-0.2, 0) is 4.79 Å². The van der Waals surface area contributed by atoms with Crippen molar-refractivity contribution in [1.29, 1.82) is 0 Å². The first-order valence-corrected chi connectivity index (χ1v) is 9.47. The van der Waals surface area contributed by atoms with E-state index in [9.17, 15) is 4.79 Å². The van der Waals surface area contributed by atoms with E-state index in [4.69, 9.17) is 9.47 Å². The Hall–Kier alpha value is -1.75. The summed E-state index contributed by atoms with van der Waals surface area (Å²) in [6.45, 7) is 6.86. The van der Waals surface area contributed by atoms with Crippen LogP contribution >= 0.6 is 0 Å². The lowest BCUT2D eigenvalue weighted by molar-refractivity contribution is -0.137. The smallest absolute Gasteiger partial charge is 0.226 e. The molecule has 0 bridgehead atoms. The summed E-state index contributed by atoms with van der Waals surface area (Å²) in [5.74, 6) is 2.10. The fraction of sp³-hybridized carbons (Fsp3) is 0.650. The van der Waals surface area contributed by atoms with Crippen molar-refractivity contribution < 1.29 is 14.3 Å². The minimum Gasteiger partial charge on any atom is -0.497 e. The maximum Gasteiger partial charge on any atom is 0.226 e. The highest BCUT2D eigenvalue weighted by Gasteiger charge is 2.28. The molecule has 5 nitrogen and oxygen atoms in total. The lowest BCUT2D eigenvalue weighted by Gasteiger charge is -2.34. The number of piperidine rings is 1. The summed E-state index contributed by atoms with van der Waals surface area (Å²) < 4.78 is 11.2. The van der Waals surface area contributed by atoms with Crippen LogP contribution in [0.25, 0.3) is 0 Å². The highest BCUT2D eigenvalue weighted by atomic mass is 16.5. The second-order valence-corrected chi connectivity index (χ2v) is 7.23. The largest absolute Gasteiger partial charge is 0.497 e. The van der Waals surface area contributed by atoms with Crippen LogP contribution in [0, 0.1) is 5.92 Å². The van der Waals surface area contributed by atoms with Crippen LogP contribution < -0.4 is 9.47 Å². The Labute approximate surface area is 150 Å². The number of hydrogen-bond acceptors (Lipinski definition) is 4. The lowest BCUT2D eigenvalue weighted by Crippen LogP contribution is -2.45. The zero-order valence-electron chi connectivity index (χ0n) is 15.4. The lowest BCUT2D eigenvalue weighted by atomic mass is 10.0. The van der Waals surface area contributed by atoms with E-state index >= 15 is 0 Å². The topological polar surface area (TPSA) is 42.0 Å². The van der Waals surface area contributed by atoms with Gasteiger partial charge in [0.15, 0.2) is 0 Å². The molecule has 0 aliphatic carbocycles. The number of benzene rings is 1. The van der Waals surface area contributed by atoms with Crippen molar-refractivity contribution in [2.45, 2.75) is 38.7 Å². The summed E-state index contributed by atoms with van der Waals surface area (Å²) in [6, 6.07) is 7.70. The third-order valence-electron chi connectivity index (χ3n) is 5.27. The Bertz CT molecular complexity index is 547. The summed E-state index contributed by atoms with van der Waals surface area (Å²) in [5.41, 5.74) is 0. The number of ether oxygens (including phenoxy) is 2.